The average Bonchev–Trinajstić information content (AvgIpc) is 2.39. The van der Waals surface area contributed by atoms with Gasteiger partial charge in [0.1, 0.15) is 0 Å². The van der Waals surface area contributed by atoms with Crippen LogP contribution in [0.1, 0.15) is 24.0 Å². The van der Waals surface area contributed by atoms with Crippen LogP contribution in [0.3, 0.4) is 0 Å². The molecule has 3 fully saturated rings. The molecule has 2 nitrogen and oxygen atoms in total. The van der Waals surface area contributed by atoms with E-state index in [0.717, 1.165) is 19.1 Å². The summed E-state index contributed by atoms with van der Waals surface area (Å²) in [7, 11) is 0. The Morgan fingerprint density at radius 2 is 1.88 bits per heavy atom. The smallest absolute Gasteiger partial charge is 0.0735 e. The molecule has 3 aliphatic rings. The van der Waals surface area contributed by atoms with Crippen molar-refractivity contribution in [1.82, 2.24) is 4.90 Å². The second kappa shape index (κ2) is 4.79. The van der Waals surface area contributed by atoms with E-state index in [9.17, 15) is 0 Å². The van der Waals surface area contributed by atoms with Gasteiger partial charge in [-0.1, -0.05) is 29.8 Å². The first kappa shape index (κ1) is 11.2. The molecule has 4 rings (SSSR count). The summed E-state index contributed by atoms with van der Waals surface area (Å²) < 4.78 is 6.10. The van der Waals surface area contributed by atoms with Crippen molar-refractivity contribution in [3.05, 3.63) is 35.4 Å². The molecule has 3 heterocycles. The summed E-state index contributed by atoms with van der Waals surface area (Å²) >= 11 is 0. The van der Waals surface area contributed by atoms with Gasteiger partial charge in [-0.25, -0.2) is 0 Å². The molecular weight excluding hydrogens is 210 g/mol. The van der Waals surface area contributed by atoms with E-state index in [0.29, 0.717) is 6.10 Å². The summed E-state index contributed by atoms with van der Waals surface area (Å²) in [6, 6.07) is 8.68. The van der Waals surface area contributed by atoms with E-state index in [1.54, 1.807) is 0 Å². The maximum Gasteiger partial charge on any atom is 0.0735 e. The normalized spacial score (nSPS) is 31.7. The van der Waals surface area contributed by atoms with Gasteiger partial charge in [0.05, 0.1) is 12.7 Å². The van der Waals surface area contributed by atoms with Crippen LogP contribution >= 0.6 is 0 Å². The van der Waals surface area contributed by atoms with Crippen LogP contribution in [0.5, 0.6) is 0 Å². The third kappa shape index (κ3) is 2.53. The molecule has 3 aliphatic heterocycles. The highest BCUT2D eigenvalue weighted by molar-refractivity contribution is 5.20. The van der Waals surface area contributed by atoms with Crippen LogP contribution in [-0.2, 0) is 11.3 Å². The maximum atomic E-state index is 6.10. The Balaban J connectivity index is 1.56. The minimum absolute atomic E-state index is 0.471. The molecule has 2 heteroatoms. The zero-order valence-corrected chi connectivity index (χ0v) is 10.6. The third-order valence-corrected chi connectivity index (χ3v) is 4.18. The van der Waals surface area contributed by atoms with Crippen molar-refractivity contribution in [2.45, 2.75) is 32.5 Å². The molecule has 1 atom stereocenters. The first-order valence-corrected chi connectivity index (χ1v) is 6.71. The number of rotatable bonds is 3. The zero-order chi connectivity index (χ0) is 11.7. The van der Waals surface area contributed by atoms with Crippen LogP contribution in [0.4, 0.5) is 0 Å². The molecule has 0 saturated carbocycles. The molecule has 1 aromatic rings. The molecule has 0 unspecified atom stereocenters. The molecule has 0 aromatic heterocycles. The standard InChI is InChI=1S/C15H21NO/c1-12-2-4-13(5-3-12)11-17-15-10-16-8-6-14(15)7-9-16/h2-5,14-15H,6-11H2,1H3/t15-/m0/s1. The first-order valence-electron chi connectivity index (χ1n) is 6.71. The van der Waals surface area contributed by atoms with Crippen LogP contribution in [0.15, 0.2) is 24.3 Å². The Bertz CT molecular complexity index is 365. The van der Waals surface area contributed by atoms with Crippen molar-refractivity contribution in [2.75, 3.05) is 19.6 Å². The summed E-state index contributed by atoms with van der Waals surface area (Å²) in [6.07, 6.45) is 3.13. The monoisotopic (exact) mass is 231 g/mol. The predicted molar refractivity (Wildman–Crippen MR) is 68.9 cm³/mol. The lowest BCUT2D eigenvalue weighted by molar-refractivity contribution is -0.0765. The average molecular weight is 231 g/mol. The number of ether oxygens (including phenoxy) is 1. The number of fused-ring (bicyclic) bond motifs is 3. The van der Waals surface area contributed by atoms with Gasteiger partial charge in [-0.15, -0.1) is 0 Å². The van der Waals surface area contributed by atoms with Crippen molar-refractivity contribution in [1.29, 1.82) is 0 Å². The highest BCUT2D eigenvalue weighted by Crippen LogP contribution is 2.29. The van der Waals surface area contributed by atoms with E-state index < -0.39 is 0 Å². The van der Waals surface area contributed by atoms with Crippen molar-refractivity contribution in [3.63, 3.8) is 0 Å². The highest BCUT2D eigenvalue weighted by Gasteiger charge is 2.34. The number of benzene rings is 1. The van der Waals surface area contributed by atoms with Gasteiger partial charge in [0.25, 0.3) is 0 Å². The molecule has 0 aliphatic carbocycles. The largest absolute Gasteiger partial charge is 0.372 e. The molecule has 0 spiro atoms. The number of hydrogen-bond donors (Lipinski definition) is 0. The van der Waals surface area contributed by atoms with Gasteiger partial charge in [0.15, 0.2) is 0 Å². The number of nitrogens with zero attached hydrogens (tertiary/aromatic N) is 1. The van der Waals surface area contributed by atoms with Crippen LogP contribution in [0, 0.1) is 12.8 Å². The molecule has 0 radical (unpaired) electrons. The van der Waals surface area contributed by atoms with Crippen molar-refractivity contribution in [2.24, 2.45) is 5.92 Å². The molecule has 0 N–H and O–H groups in total. The van der Waals surface area contributed by atoms with Crippen LogP contribution in [0.2, 0.25) is 0 Å². The first-order chi connectivity index (χ1) is 8.31. The quantitative estimate of drug-likeness (QED) is 0.793. The minimum atomic E-state index is 0.471. The van der Waals surface area contributed by atoms with Gasteiger partial charge in [0, 0.05) is 6.54 Å². The van der Waals surface area contributed by atoms with E-state index >= 15 is 0 Å². The van der Waals surface area contributed by atoms with Crippen molar-refractivity contribution < 1.29 is 4.74 Å². The minimum Gasteiger partial charge on any atom is -0.372 e. The molecule has 1 aromatic carbocycles. The molecular formula is C15H21NO. The van der Waals surface area contributed by atoms with Crippen LogP contribution in [-0.4, -0.2) is 30.6 Å². The lowest BCUT2D eigenvalue weighted by atomic mass is 9.86. The van der Waals surface area contributed by atoms with Crippen molar-refractivity contribution >= 4 is 0 Å². The summed E-state index contributed by atoms with van der Waals surface area (Å²) in [6.45, 7) is 6.62. The van der Waals surface area contributed by atoms with Gasteiger partial charge >= 0.3 is 0 Å². The van der Waals surface area contributed by atoms with Gasteiger partial charge in [-0.3, -0.25) is 0 Å². The van der Waals surface area contributed by atoms with Gasteiger partial charge in [-0.2, -0.15) is 0 Å². The Morgan fingerprint density at radius 3 is 2.47 bits per heavy atom. The Labute approximate surface area is 104 Å². The molecule has 2 bridgehead atoms. The van der Waals surface area contributed by atoms with Gasteiger partial charge in [-0.05, 0) is 44.3 Å². The van der Waals surface area contributed by atoms with Crippen molar-refractivity contribution in [3.8, 4) is 0 Å². The molecule has 92 valence electrons. The van der Waals surface area contributed by atoms with E-state index in [1.165, 1.54) is 37.1 Å². The Hall–Kier alpha value is -0.860. The lowest BCUT2D eigenvalue weighted by Gasteiger charge is -2.44. The Morgan fingerprint density at radius 1 is 1.18 bits per heavy atom. The van der Waals surface area contributed by atoms with E-state index in [4.69, 9.17) is 4.74 Å². The fraction of sp³-hybridized carbons (Fsp3) is 0.600. The number of aryl methyl sites for hydroxylation is 1. The van der Waals surface area contributed by atoms with Gasteiger partial charge in [0.2, 0.25) is 0 Å². The van der Waals surface area contributed by atoms with E-state index in [-0.39, 0.29) is 0 Å². The Kier molecular flexibility index (Phi) is 3.17. The number of hydrogen-bond acceptors (Lipinski definition) is 2. The predicted octanol–water partition coefficient (Wildman–Crippen LogP) is 2.61. The second-order valence-corrected chi connectivity index (χ2v) is 5.47. The maximum absolute atomic E-state index is 6.10. The summed E-state index contributed by atoms with van der Waals surface area (Å²) in [5, 5.41) is 0. The highest BCUT2D eigenvalue weighted by atomic mass is 16.5. The molecule has 3 saturated heterocycles. The zero-order valence-electron chi connectivity index (χ0n) is 10.6. The second-order valence-electron chi connectivity index (χ2n) is 5.47. The fourth-order valence-electron chi connectivity index (χ4n) is 2.99. The summed E-state index contributed by atoms with van der Waals surface area (Å²) in [5.41, 5.74) is 2.61. The molecule has 0 amide bonds. The topological polar surface area (TPSA) is 12.5 Å². The fourth-order valence-corrected chi connectivity index (χ4v) is 2.99. The third-order valence-electron chi connectivity index (χ3n) is 4.18. The van der Waals surface area contributed by atoms with Crippen LogP contribution < -0.4 is 0 Å². The SMILES string of the molecule is Cc1ccc(CO[C@H]2CN3CCC2CC3)cc1. The summed E-state index contributed by atoms with van der Waals surface area (Å²) in [5.74, 6) is 0.811. The van der Waals surface area contributed by atoms with Gasteiger partial charge < -0.3 is 9.64 Å². The number of piperidine rings is 3. The molecule has 17 heavy (non-hydrogen) atoms. The van der Waals surface area contributed by atoms with Crippen LogP contribution in [0.25, 0.3) is 0 Å². The lowest BCUT2D eigenvalue weighted by Crippen LogP contribution is -2.51. The van der Waals surface area contributed by atoms with E-state index in [1.807, 2.05) is 0 Å². The van der Waals surface area contributed by atoms with E-state index in [2.05, 4.69) is 36.1 Å². The summed E-state index contributed by atoms with van der Waals surface area (Å²) in [4.78, 5) is 2.54.